The molecular weight excluding hydrogens is 311 g/mol. The first kappa shape index (κ1) is 20.0. The third-order valence-electron chi connectivity index (χ3n) is 3.04. The second-order valence-corrected chi connectivity index (χ2v) is 5.26. The van der Waals surface area contributed by atoms with Crippen molar-refractivity contribution < 1.29 is 9.53 Å². The molecule has 1 atom stereocenters. The van der Waals surface area contributed by atoms with Crippen LogP contribution in [-0.4, -0.2) is 32.1 Å². The van der Waals surface area contributed by atoms with E-state index in [2.05, 4.69) is 10.6 Å². The first-order chi connectivity index (χ1) is 9.52. The van der Waals surface area contributed by atoms with Gasteiger partial charge in [0, 0.05) is 24.0 Å². The normalized spacial score (nSPS) is 11.4. The van der Waals surface area contributed by atoms with Gasteiger partial charge in [-0.25, -0.2) is 0 Å². The van der Waals surface area contributed by atoms with Gasteiger partial charge in [0.25, 0.3) is 0 Å². The molecule has 4 nitrogen and oxygen atoms in total. The molecule has 0 saturated heterocycles. The summed E-state index contributed by atoms with van der Waals surface area (Å²) in [7, 11) is 1.87. The highest BCUT2D eigenvalue weighted by Gasteiger charge is 2.04. The predicted octanol–water partition coefficient (Wildman–Crippen LogP) is 2.95. The van der Waals surface area contributed by atoms with E-state index in [-0.39, 0.29) is 24.4 Å². The summed E-state index contributed by atoms with van der Waals surface area (Å²) in [5, 5.41) is 6.67. The number of carbonyl (C=O) groups excluding carboxylic acids is 1. The number of amides is 1. The molecule has 1 amide bonds. The molecule has 21 heavy (non-hydrogen) atoms. The highest BCUT2D eigenvalue weighted by molar-refractivity contribution is 6.31. The van der Waals surface area contributed by atoms with Crippen LogP contribution < -0.4 is 15.4 Å². The number of hydrogen-bond acceptors (Lipinski definition) is 3. The van der Waals surface area contributed by atoms with E-state index in [1.165, 1.54) is 0 Å². The Morgan fingerprint density at radius 2 is 2.14 bits per heavy atom. The minimum absolute atomic E-state index is 0. The van der Waals surface area contributed by atoms with Crippen molar-refractivity contribution in [3.05, 3.63) is 28.8 Å². The van der Waals surface area contributed by atoms with Gasteiger partial charge >= 0.3 is 0 Å². The number of nitrogens with one attached hydrogen (secondary N) is 2. The predicted molar refractivity (Wildman–Crippen MR) is 89.7 cm³/mol. The van der Waals surface area contributed by atoms with Gasteiger partial charge in [-0.15, -0.1) is 12.4 Å². The molecule has 0 spiro atoms. The number of likely N-dealkylation sites (N-methyl/N-ethyl adjacent to an activating group) is 1. The van der Waals surface area contributed by atoms with Gasteiger partial charge in [0.2, 0.25) is 5.91 Å². The summed E-state index contributed by atoms with van der Waals surface area (Å²) >= 11 is 5.94. The van der Waals surface area contributed by atoms with E-state index in [9.17, 15) is 4.79 Å². The third-order valence-corrected chi connectivity index (χ3v) is 3.47. The number of halogens is 2. The van der Waals surface area contributed by atoms with Gasteiger partial charge in [0.15, 0.2) is 0 Å². The van der Waals surface area contributed by atoms with Gasteiger partial charge in [-0.05, 0) is 51.1 Å². The summed E-state index contributed by atoms with van der Waals surface area (Å²) in [6.45, 7) is 5.13. The van der Waals surface area contributed by atoms with E-state index >= 15 is 0 Å². The van der Waals surface area contributed by atoms with Crippen LogP contribution in [0.1, 0.15) is 25.3 Å². The number of hydrogen-bond donors (Lipinski definition) is 2. The Hall–Kier alpha value is -0.970. The summed E-state index contributed by atoms with van der Waals surface area (Å²) in [6, 6.07) is 5.84. The Kier molecular flexibility index (Phi) is 10.2. The van der Waals surface area contributed by atoms with E-state index in [4.69, 9.17) is 16.3 Å². The van der Waals surface area contributed by atoms with Crippen LogP contribution in [0.2, 0.25) is 5.02 Å². The molecule has 0 aliphatic rings. The van der Waals surface area contributed by atoms with Gasteiger partial charge in [-0.1, -0.05) is 11.6 Å². The minimum Gasteiger partial charge on any atom is -0.494 e. The van der Waals surface area contributed by atoms with E-state index in [0.29, 0.717) is 26.0 Å². The maximum Gasteiger partial charge on any atom is 0.220 e. The molecule has 0 aliphatic carbocycles. The molecule has 2 N–H and O–H groups in total. The molecule has 0 radical (unpaired) electrons. The van der Waals surface area contributed by atoms with Crippen molar-refractivity contribution in [2.75, 3.05) is 20.2 Å². The molecule has 0 fully saturated rings. The molecule has 0 aliphatic heterocycles. The largest absolute Gasteiger partial charge is 0.494 e. The summed E-state index contributed by atoms with van der Waals surface area (Å²) in [5.74, 6) is 0.846. The van der Waals surface area contributed by atoms with E-state index in [1.807, 2.05) is 39.1 Å². The second-order valence-electron chi connectivity index (χ2n) is 4.86. The third kappa shape index (κ3) is 8.15. The van der Waals surface area contributed by atoms with Crippen LogP contribution in [0.4, 0.5) is 0 Å². The molecule has 0 heterocycles. The molecule has 1 unspecified atom stereocenters. The molecule has 0 aromatic heterocycles. The number of rotatable bonds is 8. The Balaban J connectivity index is 0.00000400. The van der Waals surface area contributed by atoms with Crippen LogP contribution >= 0.6 is 24.0 Å². The minimum atomic E-state index is 0. The van der Waals surface area contributed by atoms with E-state index < -0.39 is 0 Å². The lowest BCUT2D eigenvalue weighted by Gasteiger charge is -2.11. The molecule has 120 valence electrons. The molecule has 6 heteroatoms. The quantitative estimate of drug-likeness (QED) is 0.718. The number of ether oxygens (including phenoxy) is 1. The van der Waals surface area contributed by atoms with Gasteiger partial charge in [-0.2, -0.15) is 0 Å². The van der Waals surface area contributed by atoms with Crippen molar-refractivity contribution in [3.63, 3.8) is 0 Å². The molecular formula is C15H24Cl2N2O2. The fraction of sp³-hybridized carbons (Fsp3) is 0.533. The first-order valence-corrected chi connectivity index (χ1v) is 7.23. The fourth-order valence-corrected chi connectivity index (χ4v) is 1.70. The highest BCUT2D eigenvalue weighted by Crippen LogP contribution is 2.21. The molecule has 1 aromatic carbocycles. The van der Waals surface area contributed by atoms with Gasteiger partial charge in [0.05, 0.1) is 6.61 Å². The summed E-state index contributed by atoms with van der Waals surface area (Å²) in [6.07, 6.45) is 1.17. The Morgan fingerprint density at radius 3 is 2.76 bits per heavy atom. The van der Waals surface area contributed by atoms with E-state index in [1.54, 1.807) is 0 Å². The van der Waals surface area contributed by atoms with Gasteiger partial charge < -0.3 is 15.4 Å². The lowest BCUT2D eigenvalue weighted by atomic mass is 10.2. The van der Waals surface area contributed by atoms with Crippen LogP contribution in [0.15, 0.2) is 18.2 Å². The van der Waals surface area contributed by atoms with Crippen LogP contribution in [0.5, 0.6) is 5.75 Å². The van der Waals surface area contributed by atoms with Crippen molar-refractivity contribution in [1.29, 1.82) is 0 Å². The van der Waals surface area contributed by atoms with Crippen LogP contribution in [0.25, 0.3) is 0 Å². The average molecular weight is 335 g/mol. The molecule has 1 aromatic rings. The summed E-state index contributed by atoms with van der Waals surface area (Å²) < 4.78 is 5.59. The van der Waals surface area contributed by atoms with Crippen molar-refractivity contribution in [2.45, 2.75) is 32.7 Å². The van der Waals surface area contributed by atoms with Gasteiger partial charge in [0.1, 0.15) is 5.75 Å². The molecule has 0 saturated carbocycles. The van der Waals surface area contributed by atoms with E-state index in [0.717, 1.165) is 16.3 Å². The van der Waals surface area contributed by atoms with Crippen molar-refractivity contribution in [1.82, 2.24) is 10.6 Å². The lowest BCUT2D eigenvalue weighted by Crippen LogP contribution is -2.37. The first-order valence-electron chi connectivity index (χ1n) is 6.86. The molecule has 0 bridgehead atoms. The Morgan fingerprint density at radius 1 is 1.43 bits per heavy atom. The zero-order valence-electron chi connectivity index (χ0n) is 12.7. The fourth-order valence-electron chi connectivity index (χ4n) is 1.59. The van der Waals surface area contributed by atoms with Gasteiger partial charge in [-0.3, -0.25) is 4.79 Å². The standard InChI is InChI=1S/C15H23ClN2O2.ClH/c1-11-9-13(6-7-14(11)16)20-8-4-5-15(19)18-10-12(2)17-3;/h6-7,9,12,17H,4-5,8,10H2,1-3H3,(H,18,19);1H. The van der Waals surface area contributed by atoms with Crippen molar-refractivity contribution in [2.24, 2.45) is 0 Å². The SMILES string of the molecule is CNC(C)CNC(=O)CCCOc1ccc(Cl)c(C)c1.Cl. The topological polar surface area (TPSA) is 50.4 Å². The highest BCUT2D eigenvalue weighted by atomic mass is 35.5. The van der Waals surface area contributed by atoms with Crippen LogP contribution in [0, 0.1) is 6.92 Å². The smallest absolute Gasteiger partial charge is 0.220 e. The van der Waals surface area contributed by atoms with Crippen LogP contribution in [0.3, 0.4) is 0 Å². The maximum absolute atomic E-state index is 11.6. The van der Waals surface area contributed by atoms with Crippen LogP contribution in [-0.2, 0) is 4.79 Å². The number of benzene rings is 1. The molecule has 1 rings (SSSR count). The zero-order valence-corrected chi connectivity index (χ0v) is 14.3. The zero-order chi connectivity index (χ0) is 15.0. The van der Waals surface area contributed by atoms with Crippen molar-refractivity contribution in [3.8, 4) is 5.75 Å². The van der Waals surface area contributed by atoms with Crippen molar-refractivity contribution >= 4 is 29.9 Å². The summed E-state index contributed by atoms with van der Waals surface area (Å²) in [5.41, 5.74) is 0.989. The lowest BCUT2D eigenvalue weighted by molar-refractivity contribution is -0.121. The summed E-state index contributed by atoms with van der Waals surface area (Å²) in [4.78, 5) is 11.6. The number of carbonyl (C=O) groups is 1. The Labute approximate surface area is 138 Å². The Bertz CT molecular complexity index is 442. The average Bonchev–Trinajstić information content (AvgIpc) is 2.44. The number of aryl methyl sites for hydroxylation is 1. The monoisotopic (exact) mass is 334 g/mol. The second kappa shape index (κ2) is 10.7. The maximum atomic E-state index is 11.6.